The number of halogens is 1. The maximum atomic E-state index is 12.4. The normalized spacial score (nSPS) is 12.3. The lowest BCUT2D eigenvalue weighted by Crippen LogP contribution is -2.04. The number of nitrogens with two attached hydrogens (primary N) is 1. The molecule has 0 bridgehead atoms. The Morgan fingerprint density at radius 1 is 1.40 bits per heavy atom. The minimum absolute atomic E-state index is 0.232. The Labute approximate surface area is 87.2 Å². The number of hydrogen-bond acceptors (Lipinski definition) is 2. The predicted molar refractivity (Wildman–Crippen MR) is 58.2 cm³/mol. The van der Waals surface area contributed by atoms with Crippen LogP contribution in [-0.4, -0.2) is 6.54 Å². The van der Waals surface area contributed by atoms with E-state index in [4.69, 9.17) is 10.2 Å². The zero-order chi connectivity index (χ0) is 10.7. The molecule has 0 spiro atoms. The van der Waals surface area contributed by atoms with Gasteiger partial charge in [-0.25, -0.2) is 4.39 Å². The van der Waals surface area contributed by atoms with E-state index in [9.17, 15) is 4.39 Å². The molecule has 1 aromatic heterocycles. The van der Waals surface area contributed by atoms with Crippen LogP contribution in [0.3, 0.4) is 0 Å². The van der Waals surface area contributed by atoms with Crippen LogP contribution in [0.1, 0.15) is 5.56 Å². The van der Waals surface area contributed by atoms with Crippen molar-refractivity contribution in [3.05, 3.63) is 48.0 Å². The number of fused-ring (bicyclic) bond motifs is 1. The summed E-state index contributed by atoms with van der Waals surface area (Å²) in [5.74, 6) is 0. The summed E-state index contributed by atoms with van der Waals surface area (Å²) in [5, 5.41) is 1.02. The highest BCUT2D eigenvalue weighted by molar-refractivity contribution is 5.81. The van der Waals surface area contributed by atoms with Crippen molar-refractivity contribution in [1.82, 2.24) is 0 Å². The van der Waals surface area contributed by atoms with Crippen molar-refractivity contribution in [2.45, 2.75) is 6.42 Å². The highest BCUT2D eigenvalue weighted by atomic mass is 19.1. The summed E-state index contributed by atoms with van der Waals surface area (Å²) < 4.78 is 17.7. The molecular weight excluding hydrogens is 193 g/mol. The van der Waals surface area contributed by atoms with E-state index in [-0.39, 0.29) is 6.54 Å². The van der Waals surface area contributed by atoms with E-state index >= 15 is 0 Å². The molecule has 0 aliphatic carbocycles. The fraction of sp³-hybridized carbons (Fsp3) is 0.167. The molecule has 0 aliphatic heterocycles. The Bertz CT molecular complexity index is 487. The van der Waals surface area contributed by atoms with Crippen molar-refractivity contribution in [3.63, 3.8) is 0 Å². The smallest absolute Gasteiger partial charge is 0.134 e. The fourth-order valence-electron chi connectivity index (χ4n) is 1.57. The zero-order valence-electron chi connectivity index (χ0n) is 8.24. The molecule has 2 aromatic rings. The summed E-state index contributed by atoms with van der Waals surface area (Å²) in [4.78, 5) is 0. The van der Waals surface area contributed by atoms with Crippen LogP contribution in [0, 0.1) is 0 Å². The second kappa shape index (κ2) is 4.28. The molecule has 78 valence electrons. The lowest BCUT2D eigenvalue weighted by molar-refractivity contribution is 0.611. The topological polar surface area (TPSA) is 39.2 Å². The van der Waals surface area contributed by atoms with Crippen molar-refractivity contribution in [1.29, 1.82) is 0 Å². The van der Waals surface area contributed by atoms with Gasteiger partial charge in [-0.15, -0.1) is 0 Å². The minimum Gasteiger partial charge on any atom is -0.464 e. The molecule has 0 aliphatic rings. The Morgan fingerprint density at radius 2 is 2.20 bits per heavy atom. The SMILES string of the molecule is NCC(=CF)Cc1coc2ccccc12. The van der Waals surface area contributed by atoms with Gasteiger partial charge in [0.1, 0.15) is 5.58 Å². The van der Waals surface area contributed by atoms with Gasteiger partial charge >= 0.3 is 0 Å². The molecule has 2 nitrogen and oxygen atoms in total. The molecule has 0 saturated heterocycles. The Hall–Kier alpha value is -1.61. The third-order valence-corrected chi connectivity index (χ3v) is 2.40. The monoisotopic (exact) mass is 205 g/mol. The Balaban J connectivity index is 2.36. The average molecular weight is 205 g/mol. The van der Waals surface area contributed by atoms with Crippen LogP contribution in [0.4, 0.5) is 4.39 Å². The van der Waals surface area contributed by atoms with E-state index in [0.717, 1.165) is 16.5 Å². The van der Waals surface area contributed by atoms with Gasteiger partial charge in [-0.05, 0) is 11.6 Å². The first-order valence-electron chi connectivity index (χ1n) is 4.78. The standard InChI is InChI=1S/C12H12FNO/c13-6-9(7-14)5-10-8-15-12-4-2-1-3-11(10)12/h1-4,6,8H,5,7,14H2. The van der Waals surface area contributed by atoms with Crippen LogP contribution < -0.4 is 5.73 Å². The van der Waals surface area contributed by atoms with Crippen molar-refractivity contribution < 1.29 is 8.81 Å². The maximum Gasteiger partial charge on any atom is 0.134 e. The molecule has 0 saturated carbocycles. The summed E-state index contributed by atoms with van der Waals surface area (Å²) in [6, 6.07) is 7.69. The Kier molecular flexibility index (Phi) is 2.83. The first-order chi connectivity index (χ1) is 7.35. The van der Waals surface area contributed by atoms with E-state index in [1.165, 1.54) is 0 Å². The molecule has 2 rings (SSSR count). The first kappa shape index (κ1) is 9.93. The van der Waals surface area contributed by atoms with E-state index < -0.39 is 0 Å². The van der Waals surface area contributed by atoms with Crippen LogP contribution in [-0.2, 0) is 6.42 Å². The molecule has 0 unspecified atom stereocenters. The third-order valence-electron chi connectivity index (χ3n) is 2.40. The molecule has 15 heavy (non-hydrogen) atoms. The van der Waals surface area contributed by atoms with Crippen LogP contribution >= 0.6 is 0 Å². The van der Waals surface area contributed by atoms with E-state index in [0.29, 0.717) is 18.3 Å². The van der Waals surface area contributed by atoms with Crippen molar-refractivity contribution in [2.75, 3.05) is 6.54 Å². The van der Waals surface area contributed by atoms with Gasteiger partial charge in [-0.3, -0.25) is 0 Å². The van der Waals surface area contributed by atoms with Crippen LogP contribution in [0.2, 0.25) is 0 Å². The lowest BCUT2D eigenvalue weighted by Gasteiger charge is -1.99. The molecular formula is C12H12FNO. The highest BCUT2D eigenvalue weighted by Crippen LogP contribution is 2.22. The second-order valence-electron chi connectivity index (χ2n) is 3.41. The summed E-state index contributed by atoms with van der Waals surface area (Å²) >= 11 is 0. The van der Waals surface area contributed by atoms with Gasteiger partial charge in [0, 0.05) is 23.9 Å². The van der Waals surface area contributed by atoms with Gasteiger partial charge in [0.25, 0.3) is 0 Å². The summed E-state index contributed by atoms with van der Waals surface area (Å²) in [6.07, 6.45) is 2.73. The number of furan rings is 1. The summed E-state index contributed by atoms with van der Waals surface area (Å²) in [7, 11) is 0. The fourth-order valence-corrected chi connectivity index (χ4v) is 1.57. The van der Waals surface area contributed by atoms with Crippen LogP contribution in [0.5, 0.6) is 0 Å². The lowest BCUT2D eigenvalue weighted by atomic mass is 10.1. The van der Waals surface area contributed by atoms with Crippen LogP contribution in [0.15, 0.2) is 46.8 Å². The molecule has 0 fully saturated rings. The predicted octanol–water partition coefficient (Wildman–Crippen LogP) is 2.79. The van der Waals surface area contributed by atoms with Gasteiger partial charge in [0.15, 0.2) is 0 Å². The molecule has 0 atom stereocenters. The molecule has 3 heteroatoms. The third kappa shape index (κ3) is 1.92. The van der Waals surface area contributed by atoms with Crippen molar-refractivity contribution in [2.24, 2.45) is 5.73 Å². The number of para-hydroxylation sites is 1. The first-order valence-corrected chi connectivity index (χ1v) is 4.78. The second-order valence-corrected chi connectivity index (χ2v) is 3.41. The van der Waals surface area contributed by atoms with Gasteiger partial charge in [0.2, 0.25) is 0 Å². The maximum absolute atomic E-state index is 12.4. The average Bonchev–Trinajstić information content (AvgIpc) is 2.69. The van der Waals surface area contributed by atoms with Gasteiger partial charge in [-0.1, -0.05) is 18.2 Å². The molecule has 1 aromatic carbocycles. The number of hydrogen-bond donors (Lipinski definition) is 1. The van der Waals surface area contributed by atoms with E-state index in [2.05, 4.69) is 0 Å². The van der Waals surface area contributed by atoms with Gasteiger partial charge < -0.3 is 10.2 Å². The van der Waals surface area contributed by atoms with E-state index in [1.807, 2.05) is 24.3 Å². The van der Waals surface area contributed by atoms with Crippen molar-refractivity contribution in [3.8, 4) is 0 Å². The van der Waals surface area contributed by atoms with E-state index in [1.54, 1.807) is 6.26 Å². The van der Waals surface area contributed by atoms with Crippen LogP contribution in [0.25, 0.3) is 11.0 Å². The zero-order valence-corrected chi connectivity index (χ0v) is 8.24. The number of rotatable bonds is 3. The molecule has 0 radical (unpaired) electrons. The largest absolute Gasteiger partial charge is 0.464 e. The molecule has 0 amide bonds. The highest BCUT2D eigenvalue weighted by Gasteiger charge is 2.06. The van der Waals surface area contributed by atoms with Gasteiger partial charge in [0.05, 0.1) is 12.6 Å². The quantitative estimate of drug-likeness (QED) is 0.836. The number of benzene rings is 1. The molecule has 1 heterocycles. The summed E-state index contributed by atoms with van der Waals surface area (Å²) in [6.45, 7) is 0.232. The molecule has 2 N–H and O–H groups in total. The van der Waals surface area contributed by atoms with Crippen molar-refractivity contribution >= 4 is 11.0 Å². The van der Waals surface area contributed by atoms with Gasteiger partial charge in [-0.2, -0.15) is 0 Å². The minimum atomic E-state index is 0.232. The summed E-state index contributed by atoms with van der Waals surface area (Å²) in [5.41, 5.74) is 7.77. The Morgan fingerprint density at radius 3 is 2.93 bits per heavy atom.